The molecular formula is C20H25NO4. The molecule has 1 unspecified atom stereocenters. The number of hydrogen-bond acceptors (Lipinski definition) is 4. The summed E-state index contributed by atoms with van der Waals surface area (Å²) in [6.07, 6.45) is 0.128. The number of amides is 1. The topological polar surface area (TPSA) is 67.8 Å². The lowest BCUT2D eigenvalue weighted by Gasteiger charge is -2.14. The van der Waals surface area contributed by atoms with Crippen LogP contribution in [-0.2, 0) is 11.2 Å². The summed E-state index contributed by atoms with van der Waals surface area (Å²) in [5.74, 6) is 1.11. The predicted octanol–water partition coefficient (Wildman–Crippen LogP) is 2.49. The van der Waals surface area contributed by atoms with Crippen molar-refractivity contribution in [1.29, 1.82) is 0 Å². The van der Waals surface area contributed by atoms with Gasteiger partial charge in [0.05, 0.1) is 0 Å². The molecule has 25 heavy (non-hydrogen) atoms. The van der Waals surface area contributed by atoms with E-state index in [1.165, 1.54) is 0 Å². The average molecular weight is 343 g/mol. The van der Waals surface area contributed by atoms with E-state index in [4.69, 9.17) is 9.47 Å². The van der Waals surface area contributed by atoms with E-state index in [9.17, 15) is 9.90 Å². The molecule has 0 bridgehead atoms. The van der Waals surface area contributed by atoms with Gasteiger partial charge in [-0.1, -0.05) is 37.3 Å². The second-order valence-corrected chi connectivity index (χ2v) is 5.82. The molecule has 0 saturated carbocycles. The first-order chi connectivity index (χ1) is 12.1. The lowest BCUT2D eigenvalue weighted by molar-refractivity contribution is -0.123. The van der Waals surface area contributed by atoms with Crippen molar-refractivity contribution < 1.29 is 19.4 Å². The number of aliphatic hydroxyl groups is 1. The van der Waals surface area contributed by atoms with Gasteiger partial charge < -0.3 is 19.9 Å². The predicted molar refractivity (Wildman–Crippen MR) is 97.0 cm³/mol. The van der Waals surface area contributed by atoms with Crippen LogP contribution in [0.1, 0.15) is 18.1 Å². The number of carbonyl (C=O) groups is 1. The van der Waals surface area contributed by atoms with Crippen molar-refractivity contribution in [3.63, 3.8) is 0 Å². The van der Waals surface area contributed by atoms with Crippen molar-refractivity contribution in [2.75, 3.05) is 19.8 Å². The van der Waals surface area contributed by atoms with Crippen molar-refractivity contribution in [3.05, 3.63) is 59.7 Å². The van der Waals surface area contributed by atoms with E-state index < -0.39 is 6.10 Å². The Labute approximate surface area is 148 Å². The van der Waals surface area contributed by atoms with Crippen LogP contribution in [0, 0.1) is 6.92 Å². The smallest absolute Gasteiger partial charge is 0.258 e. The summed E-state index contributed by atoms with van der Waals surface area (Å²) in [6.45, 7) is 4.15. The molecule has 2 aromatic carbocycles. The van der Waals surface area contributed by atoms with Gasteiger partial charge in [-0.3, -0.25) is 4.79 Å². The molecular weight excluding hydrogens is 318 g/mol. The Hall–Kier alpha value is -2.53. The van der Waals surface area contributed by atoms with E-state index in [2.05, 4.69) is 12.2 Å². The Kier molecular flexibility index (Phi) is 7.29. The first-order valence-electron chi connectivity index (χ1n) is 8.43. The number of para-hydroxylation sites is 1. The van der Waals surface area contributed by atoms with Crippen molar-refractivity contribution in [3.8, 4) is 11.5 Å². The number of carbonyl (C=O) groups excluding carboxylic acids is 1. The molecule has 0 aliphatic rings. The Bertz CT molecular complexity index is 687. The standard InChI is InChI=1S/C20H25NO4/c1-3-16-8-6-9-18(11-16)24-14-20(23)21-12-17(22)13-25-19-10-5-4-7-15(19)2/h4-11,17,22H,3,12-14H2,1-2H3,(H,21,23). The van der Waals surface area contributed by atoms with Crippen LogP contribution in [0.15, 0.2) is 48.5 Å². The lowest BCUT2D eigenvalue weighted by Crippen LogP contribution is -2.37. The highest BCUT2D eigenvalue weighted by Crippen LogP contribution is 2.16. The first-order valence-corrected chi connectivity index (χ1v) is 8.43. The number of rotatable bonds is 9. The number of ether oxygens (including phenoxy) is 2. The van der Waals surface area contributed by atoms with Crippen molar-refractivity contribution in [1.82, 2.24) is 5.32 Å². The Morgan fingerprint density at radius 1 is 1.16 bits per heavy atom. The SMILES string of the molecule is CCc1cccc(OCC(=O)NCC(O)COc2ccccc2C)c1. The number of hydrogen-bond donors (Lipinski definition) is 2. The van der Waals surface area contributed by atoms with Gasteiger partial charge in [-0.2, -0.15) is 0 Å². The average Bonchev–Trinajstić information content (AvgIpc) is 2.64. The molecule has 0 spiro atoms. The van der Waals surface area contributed by atoms with Gasteiger partial charge in [-0.15, -0.1) is 0 Å². The van der Waals surface area contributed by atoms with Crippen LogP contribution in [0.2, 0.25) is 0 Å². The number of aryl methyl sites for hydroxylation is 2. The van der Waals surface area contributed by atoms with E-state index in [0.29, 0.717) is 5.75 Å². The number of benzene rings is 2. The third-order valence-corrected chi connectivity index (χ3v) is 3.74. The molecule has 2 rings (SSSR count). The van der Waals surface area contributed by atoms with Crippen LogP contribution < -0.4 is 14.8 Å². The minimum atomic E-state index is -0.785. The molecule has 0 saturated heterocycles. The van der Waals surface area contributed by atoms with E-state index in [1.807, 2.05) is 55.5 Å². The van der Waals surface area contributed by atoms with E-state index >= 15 is 0 Å². The van der Waals surface area contributed by atoms with Gasteiger partial charge in [-0.25, -0.2) is 0 Å². The maximum absolute atomic E-state index is 11.8. The summed E-state index contributed by atoms with van der Waals surface area (Å²) >= 11 is 0. The summed E-state index contributed by atoms with van der Waals surface area (Å²) in [5.41, 5.74) is 2.16. The molecule has 1 atom stereocenters. The van der Waals surface area contributed by atoms with E-state index in [-0.39, 0.29) is 25.7 Å². The zero-order valence-electron chi connectivity index (χ0n) is 14.7. The van der Waals surface area contributed by atoms with Crippen LogP contribution in [0.5, 0.6) is 11.5 Å². The maximum Gasteiger partial charge on any atom is 0.258 e. The van der Waals surface area contributed by atoms with E-state index in [0.717, 1.165) is 23.3 Å². The molecule has 5 heteroatoms. The first kappa shape index (κ1) is 18.8. The normalized spacial score (nSPS) is 11.6. The van der Waals surface area contributed by atoms with Crippen molar-refractivity contribution in [2.24, 2.45) is 0 Å². The second kappa shape index (κ2) is 9.69. The lowest BCUT2D eigenvalue weighted by atomic mass is 10.2. The van der Waals surface area contributed by atoms with Crippen LogP contribution >= 0.6 is 0 Å². The largest absolute Gasteiger partial charge is 0.491 e. The van der Waals surface area contributed by atoms with Gasteiger partial charge in [0, 0.05) is 6.54 Å². The molecule has 2 N–H and O–H groups in total. The molecule has 0 aromatic heterocycles. The number of aliphatic hydroxyl groups excluding tert-OH is 1. The fourth-order valence-electron chi connectivity index (χ4n) is 2.25. The second-order valence-electron chi connectivity index (χ2n) is 5.82. The zero-order chi connectivity index (χ0) is 18.1. The molecule has 0 aliphatic heterocycles. The summed E-state index contributed by atoms with van der Waals surface area (Å²) in [7, 11) is 0. The molecule has 5 nitrogen and oxygen atoms in total. The fraction of sp³-hybridized carbons (Fsp3) is 0.350. The summed E-state index contributed by atoms with van der Waals surface area (Å²) < 4.78 is 11.0. The van der Waals surface area contributed by atoms with Crippen molar-refractivity contribution in [2.45, 2.75) is 26.4 Å². The number of nitrogens with one attached hydrogen (secondary N) is 1. The zero-order valence-corrected chi connectivity index (χ0v) is 14.7. The summed E-state index contributed by atoms with van der Waals surface area (Å²) in [6, 6.07) is 15.2. The highest BCUT2D eigenvalue weighted by Gasteiger charge is 2.09. The van der Waals surface area contributed by atoms with Crippen LogP contribution in [0.3, 0.4) is 0 Å². The highest BCUT2D eigenvalue weighted by molar-refractivity contribution is 5.77. The van der Waals surface area contributed by atoms with Crippen LogP contribution in [0.4, 0.5) is 0 Å². The van der Waals surface area contributed by atoms with Gasteiger partial charge in [0.15, 0.2) is 6.61 Å². The molecule has 0 aliphatic carbocycles. The molecule has 1 amide bonds. The van der Waals surface area contributed by atoms with Gasteiger partial charge in [0.1, 0.15) is 24.2 Å². The Morgan fingerprint density at radius 3 is 2.72 bits per heavy atom. The Balaban J connectivity index is 1.67. The summed E-state index contributed by atoms with van der Waals surface area (Å²) in [5, 5.41) is 12.6. The monoisotopic (exact) mass is 343 g/mol. The van der Waals surface area contributed by atoms with Gasteiger partial charge >= 0.3 is 0 Å². The van der Waals surface area contributed by atoms with Crippen LogP contribution in [0.25, 0.3) is 0 Å². The van der Waals surface area contributed by atoms with Crippen molar-refractivity contribution >= 4 is 5.91 Å². The fourth-order valence-corrected chi connectivity index (χ4v) is 2.25. The van der Waals surface area contributed by atoms with Crippen LogP contribution in [-0.4, -0.2) is 36.9 Å². The summed E-state index contributed by atoms with van der Waals surface area (Å²) in [4.78, 5) is 11.8. The molecule has 2 aromatic rings. The molecule has 0 radical (unpaired) electrons. The third kappa shape index (κ3) is 6.47. The quantitative estimate of drug-likeness (QED) is 0.734. The Morgan fingerprint density at radius 2 is 1.96 bits per heavy atom. The van der Waals surface area contributed by atoms with Gasteiger partial charge in [0.2, 0.25) is 0 Å². The molecule has 0 heterocycles. The van der Waals surface area contributed by atoms with E-state index in [1.54, 1.807) is 0 Å². The molecule has 134 valence electrons. The maximum atomic E-state index is 11.8. The minimum Gasteiger partial charge on any atom is -0.491 e. The van der Waals surface area contributed by atoms with Gasteiger partial charge in [0.25, 0.3) is 5.91 Å². The third-order valence-electron chi connectivity index (χ3n) is 3.74. The van der Waals surface area contributed by atoms with Gasteiger partial charge in [-0.05, 0) is 42.7 Å². The highest BCUT2D eigenvalue weighted by atomic mass is 16.5. The molecule has 0 fully saturated rings. The minimum absolute atomic E-state index is 0.0848.